The van der Waals surface area contributed by atoms with Gasteiger partial charge in [-0.3, -0.25) is 4.68 Å². The summed E-state index contributed by atoms with van der Waals surface area (Å²) in [5.41, 5.74) is 2.41. The zero-order valence-electron chi connectivity index (χ0n) is 7.41. The van der Waals surface area contributed by atoms with Crippen LogP contribution in [-0.2, 0) is 13.5 Å². The van der Waals surface area contributed by atoms with Gasteiger partial charge in [0.1, 0.15) is 0 Å². The van der Waals surface area contributed by atoms with Crippen molar-refractivity contribution < 1.29 is 0 Å². The lowest BCUT2D eigenvalue weighted by atomic mass is 10.2. The average Bonchev–Trinajstić information content (AvgIpc) is 2.40. The smallest absolute Gasteiger partial charge is 0.0926 e. The minimum Gasteiger partial charge on any atom is -0.271 e. The van der Waals surface area contributed by atoms with Crippen LogP contribution in [0.3, 0.4) is 0 Å². The van der Waals surface area contributed by atoms with Crippen LogP contribution in [0.1, 0.15) is 12.6 Å². The maximum Gasteiger partial charge on any atom is 0.0926 e. The Morgan fingerprint density at radius 3 is 2.83 bits per heavy atom. The van der Waals surface area contributed by atoms with Crippen molar-refractivity contribution in [2.75, 3.05) is 0 Å². The quantitative estimate of drug-likeness (QED) is 0.625. The van der Waals surface area contributed by atoms with Crippen LogP contribution in [0.15, 0.2) is 24.3 Å². The van der Waals surface area contributed by atoms with Gasteiger partial charge in [-0.1, -0.05) is 25.1 Å². The van der Waals surface area contributed by atoms with E-state index in [1.165, 1.54) is 11.1 Å². The van der Waals surface area contributed by atoms with Crippen molar-refractivity contribution in [1.82, 2.24) is 9.78 Å². The van der Waals surface area contributed by atoms with Gasteiger partial charge in [-0.05, 0) is 12.5 Å². The Morgan fingerprint density at radius 1 is 1.33 bits per heavy atom. The van der Waals surface area contributed by atoms with Crippen LogP contribution in [-0.4, -0.2) is 9.78 Å². The Balaban J connectivity index is 2.81. The van der Waals surface area contributed by atoms with Gasteiger partial charge in [0, 0.05) is 18.1 Å². The van der Waals surface area contributed by atoms with Crippen molar-refractivity contribution in [1.29, 1.82) is 0 Å². The van der Waals surface area contributed by atoms with Crippen LogP contribution in [0.4, 0.5) is 0 Å². The number of fused-ring (bicyclic) bond motifs is 1. The number of hydrogen-bond acceptors (Lipinski definition) is 1. The Kier molecular flexibility index (Phi) is 1.61. The van der Waals surface area contributed by atoms with Crippen molar-refractivity contribution in [2.24, 2.45) is 7.05 Å². The molecule has 0 aliphatic carbocycles. The van der Waals surface area contributed by atoms with E-state index in [2.05, 4.69) is 30.2 Å². The second-order valence-electron chi connectivity index (χ2n) is 2.94. The predicted molar refractivity (Wildman–Crippen MR) is 50.1 cm³/mol. The summed E-state index contributed by atoms with van der Waals surface area (Å²) < 4.78 is 1.96. The molecule has 0 bridgehead atoms. The van der Waals surface area contributed by atoms with Crippen molar-refractivity contribution in [3.63, 3.8) is 0 Å². The molecule has 0 aliphatic heterocycles. The van der Waals surface area contributed by atoms with Gasteiger partial charge < -0.3 is 0 Å². The first kappa shape index (κ1) is 7.35. The third-order valence-corrected chi connectivity index (χ3v) is 2.20. The molecular formula is C10H12N2. The summed E-state index contributed by atoms with van der Waals surface area (Å²) in [4.78, 5) is 0. The largest absolute Gasteiger partial charge is 0.271 e. The predicted octanol–water partition coefficient (Wildman–Crippen LogP) is 2.14. The number of hydrogen-bond donors (Lipinski definition) is 0. The van der Waals surface area contributed by atoms with E-state index in [-0.39, 0.29) is 0 Å². The molecule has 1 aromatic carbocycles. The summed E-state index contributed by atoms with van der Waals surface area (Å²) in [5.74, 6) is 0. The van der Waals surface area contributed by atoms with Crippen LogP contribution in [0.25, 0.3) is 10.9 Å². The minimum absolute atomic E-state index is 1.04. The van der Waals surface area contributed by atoms with Crippen molar-refractivity contribution >= 4 is 10.9 Å². The highest BCUT2D eigenvalue weighted by molar-refractivity contribution is 5.81. The van der Waals surface area contributed by atoms with Crippen LogP contribution in [0.5, 0.6) is 0 Å². The molecule has 62 valence electrons. The minimum atomic E-state index is 1.04. The second kappa shape index (κ2) is 2.63. The fraction of sp³-hybridized carbons (Fsp3) is 0.300. The van der Waals surface area contributed by atoms with Gasteiger partial charge in [0.05, 0.1) is 5.52 Å². The van der Waals surface area contributed by atoms with Gasteiger partial charge in [0.25, 0.3) is 0 Å². The first-order valence-corrected chi connectivity index (χ1v) is 4.23. The van der Waals surface area contributed by atoms with Crippen molar-refractivity contribution in [3.8, 4) is 0 Å². The van der Waals surface area contributed by atoms with E-state index in [1.807, 2.05) is 17.8 Å². The monoisotopic (exact) mass is 160 g/mol. The average molecular weight is 160 g/mol. The summed E-state index contributed by atoms with van der Waals surface area (Å²) in [7, 11) is 2.00. The molecule has 2 nitrogen and oxygen atoms in total. The Hall–Kier alpha value is -1.31. The number of nitrogens with zero attached hydrogens (tertiary/aromatic N) is 2. The highest BCUT2D eigenvalue weighted by Crippen LogP contribution is 2.16. The lowest BCUT2D eigenvalue weighted by molar-refractivity contribution is 0.728. The molecule has 0 N–H and O–H groups in total. The fourth-order valence-electron chi connectivity index (χ4n) is 1.62. The molecule has 12 heavy (non-hydrogen) atoms. The molecule has 2 rings (SSSR count). The van der Waals surface area contributed by atoms with E-state index in [1.54, 1.807) is 0 Å². The molecule has 2 aromatic rings. The van der Waals surface area contributed by atoms with Gasteiger partial charge in [-0.25, -0.2) is 0 Å². The molecule has 0 saturated heterocycles. The summed E-state index contributed by atoms with van der Waals surface area (Å²) in [6.07, 6.45) is 1.04. The fourth-order valence-corrected chi connectivity index (χ4v) is 1.62. The topological polar surface area (TPSA) is 17.8 Å². The normalized spacial score (nSPS) is 10.8. The maximum absolute atomic E-state index is 4.40. The molecule has 0 fully saturated rings. The van der Waals surface area contributed by atoms with E-state index in [0.717, 1.165) is 11.9 Å². The van der Waals surface area contributed by atoms with Crippen LogP contribution in [0.2, 0.25) is 0 Å². The zero-order chi connectivity index (χ0) is 8.55. The van der Waals surface area contributed by atoms with Crippen LogP contribution in [0, 0.1) is 0 Å². The van der Waals surface area contributed by atoms with E-state index < -0.39 is 0 Å². The molecule has 0 amide bonds. The standard InChI is InChI=1S/C10H12N2/c1-3-10-8-6-4-5-7-9(8)11-12(10)2/h4-7H,3H2,1-2H3. The third kappa shape index (κ3) is 0.916. The van der Waals surface area contributed by atoms with Crippen molar-refractivity contribution in [3.05, 3.63) is 30.0 Å². The Labute approximate surface area is 71.8 Å². The lowest BCUT2D eigenvalue weighted by Crippen LogP contribution is -1.95. The van der Waals surface area contributed by atoms with Gasteiger partial charge in [-0.2, -0.15) is 5.10 Å². The highest BCUT2D eigenvalue weighted by Gasteiger charge is 2.04. The number of benzene rings is 1. The Bertz CT molecular complexity index is 401. The lowest BCUT2D eigenvalue weighted by Gasteiger charge is -1.95. The Morgan fingerprint density at radius 2 is 2.08 bits per heavy atom. The van der Waals surface area contributed by atoms with Gasteiger partial charge in [0.15, 0.2) is 0 Å². The van der Waals surface area contributed by atoms with E-state index in [4.69, 9.17) is 0 Å². The molecule has 0 atom stereocenters. The molecule has 0 saturated carbocycles. The summed E-state index contributed by atoms with van der Waals surface area (Å²) >= 11 is 0. The summed E-state index contributed by atoms with van der Waals surface area (Å²) in [6.45, 7) is 2.16. The first-order chi connectivity index (χ1) is 5.83. The van der Waals surface area contributed by atoms with Gasteiger partial charge in [-0.15, -0.1) is 0 Å². The molecule has 0 aliphatic rings. The number of aryl methyl sites for hydroxylation is 2. The molecule has 0 spiro atoms. The zero-order valence-corrected chi connectivity index (χ0v) is 7.41. The summed E-state index contributed by atoms with van der Waals surface area (Å²) in [6, 6.07) is 8.26. The number of rotatable bonds is 1. The van der Waals surface area contributed by atoms with Crippen LogP contribution < -0.4 is 0 Å². The molecule has 0 radical (unpaired) electrons. The van der Waals surface area contributed by atoms with Gasteiger partial charge >= 0.3 is 0 Å². The molecule has 1 heterocycles. The van der Waals surface area contributed by atoms with Gasteiger partial charge in [0.2, 0.25) is 0 Å². The second-order valence-corrected chi connectivity index (χ2v) is 2.94. The molecular weight excluding hydrogens is 148 g/mol. The summed E-state index contributed by atoms with van der Waals surface area (Å²) in [5, 5.41) is 5.68. The van der Waals surface area contributed by atoms with E-state index in [0.29, 0.717) is 0 Å². The third-order valence-electron chi connectivity index (χ3n) is 2.20. The van der Waals surface area contributed by atoms with Crippen molar-refractivity contribution in [2.45, 2.75) is 13.3 Å². The highest BCUT2D eigenvalue weighted by atomic mass is 15.3. The number of aromatic nitrogens is 2. The maximum atomic E-state index is 4.40. The molecule has 1 aromatic heterocycles. The van der Waals surface area contributed by atoms with E-state index >= 15 is 0 Å². The molecule has 0 unspecified atom stereocenters. The SMILES string of the molecule is CCc1c2ccccc2nn1C. The van der Waals surface area contributed by atoms with E-state index in [9.17, 15) is 0 Å². The van der Waals surface area contributed by atoms with Crippen LogP contribution >= 0.6 is 0 Å². The molecule has 2 heteroatoms. The first-order valence-electron chi connectivity index (χ1n) is 4.23.